The monoisotopic (exact) mass is 287 g/mol. The zero-order chi connectivity index (χ0) is 14.6. The molecule has 2 aliphatic carbocycles. The lowest BCUT2D eigenvalue weighted by molar-refractivity contribution is -0.149. The van der Waals surface area contributed by atoms with Crippen molar-refractivity contribution in [2.75, 3.05) is 0 Å². The van der Waals surface area contributed by atoms with E-state index in [0.717, 1.165) is 19.3 Å². The Balaban J connectivity index is 1.60. The fourth-order valence-corrected chi connectivity index (χ4v) is 4.57. The zero-order valence-corrected chi connectivity index (χ0v) is 11.5. The number of fused-ring (bicyclic) bond motifs is 2. The Morgan fingerprint density at radius 1 is 1.19 bits per heavy atom. The average molecular weight is 287 g/mol. The molecule has 1 saturated carbocycles. The predicted octanol–water partition coefficient (Wildman–Crippen LogP) is 1.91. The van der Waals surface area contributed by atoms with Crippen LogP contribution in [0.3, 0.4) is 0 Å². The molecular formula is C16H17NO4. The van der Waals surface area contributed by atoms with Gasteiger partial charge in [-0.25, -0.2) is 4.79 Å². The number of piperidine rings is 2. The highest BCUT2D eigenvalue weighted by Gasteiger charge is 2.52. The van der Waals surface area contributed by atoms with Gasteiger partial charge >= 0.3 is 12.1 Å². The predicted molar refractivity (Wildman–Crippen MR) is 73.9 cm³/mol. The maximum absolute atomic E-state index is 11.9. The van der Waals surface area contributed by atoms with Gasteiger partial charge in [-0.1, -0.05) is 24.3 Å². The van der Waals surface area contributed by atoms with Gasteiger partial charge in [0.1, 0.15) is 0 Å². The second-order valence-corrected chi connectivity index (χ2v) is 6.32. The van der Waals surface area contributed by atoms with Crippen LogP contribution in [0, 0.1) is 11.8 Å². The van der Waals surface area contributed by atoms with Crippen LogP contribution >= 0.6 is 0 Å². The third kappa shape index (κ3) is 1.95. The second kappa shape index (κ2) is 4.56. The summed E-state index contributed by atoms with van der Waals surface area (Å²) in [4.78, 5) is 22.5. The van der Waals surface area contributed by atoms with Gasteiger partial charge in [0.25, 0.3) is 0 Å². The van der Waals surface area contributed by atoms with Crippen molar-refractivity contribution in [3.05, 3.63) is 35.4 Å². The largest absolute Gasteiger partial charge is 0.513 e. The second-order valence-electron chi connectivity index (χ2n) is 6.32. The lowest BCUT2D eigenvalue weighted by Gasteiger charge is -2.54. The summed E-state index contributed by atoms with van der Waals surface area (Å²) in [5, 5.41) is 12.1. The molecule has 3 fully saturated rings. The first-order valence-corrected chi connectivity index (χ1v) is 7.42. The van der Waals surface area contributed by atoms with E-state index >= 15 is 0 Å². The molecule has 2 aliphatic heterocycles. The van der Waals surface area contributed by atoms with Crippen molar-refractivity contribution in [3.63, 3.8) is 0 Å². The van der Waals surface area contributed by atoms with Crippen molar-refractivity contribution in [2.24, 2.45) is 11.8 Å². The zero-order valence-electron chi connectivity index (χ0n) is 11.5. The molecule has 0 amide bonds. The van der Waals surface area contributed by atoms with Crippen molar-refractivity contribution in [1.29, 1.82) is 0 Å². The Morgan fingerprint density at radius 3 is 2.76 bits per heavy atom. The summed E-state index contributed by atoms with van der Waals surface area (Å²) >= 11 is 0. The molecule has 5 nitrogen and oxygen atoms in total. The Morgan fingerprint density at radius 2 is 2.00 bits per heavy atom. The highest BCUT2D eigenvalue weighted by atomic mass is 16.7. The van der Waals surface area contributed by atoms with Crippen LogP contribution in [-0.2, 0) is 16.0 Å². The number of carboxylic acid groups (broad SMARTS) is 1. The smallest absolute Gasteiger partial charge is 0.449 e. The lowest BCUT2D eigenvalue weighted by Crippen LogP contribution is -2.63. The number of nitrogens with one attached hydrogen (secondary N) is 1. The minimum Gasteiger partial charge on any atom is -0.449 e. The molecule has 5 heteroatoms. The SMILES string of the molecule is O=C(O)OC(=O)C1CC2C3Cc4ccccc4C2CC1N3. The fraction of sp³-hybridized carbons (Fsp3) is 0.500. The number of hydrogen-bond donors (Lipinski definition) is 2. The molecular weight excluding hydrogens is 270 g/mol. The van der Waals surface area contributed by atoms with Gasteiger partial charge in [-0.05, 0) is 42.2 Å². The van der Waals surface area contributed by atoms with E-state index < -0.39 is 12.1 Å². The Labute approximate surface area is 122 Å². The molecule has 110 valence electrons. The third-order valence-electron chi connectivity index (χ3n) is 5.37. The van der Waals surface area contributed by atoms with E-state index in [1.807, 2.05) is 0 Å². The minimum atomic E-state index is -1.51. The van der Waals surface area contributed by atoms with Gasteiger partial charge in [-0.2, -0.15) is 0 Å². The van der Waals surface area contributed by atoms with Gasteiger partial charge in [0.2, 0.25) is 0 Å². The van der Waals surface area contributed by atoms with Crippen molar-refractivity contribution in [3.8, 4) is 0 Å². The van der Waals surface area contributed by atoms with E-state index in [9.17, 15) is 9.59 Å². The minimum absolute atomic E-state index is 0.0326. The number of carbonyl (C=O) groups excluding carboxylic acids is 1. The van der Waals surface area contributed by atoms with Gasteiger partial charge in [-0.15, -0.1) is 0 Å². The Bertz CT molecular complexity index is 614. The first kappa shape index (κ1) is 12.8. The van der Waals surface area contributed by atoms with E-state index in [1.54, 1.807) is 0 Å². The highest BCUT2D eigenvalue weighted by Crippen LogP contribution is 2.51. The van der Waals surface area contributed by atoms with Crippen LogP contribution in [0.15, 0.2) is 24.3 Å². The number of carbonyl (C=O) groups is 2. The molecule has 2 heterocycles. The first-order chi connectivity index (χ1) is 10.1. The highest BCUT2D eigenvalue weighted by molar-refractivity contribution is 5.83. The molecule has 0 spiro atoms. The van der Waals surface area contributed by atoms with Gasteiger partial charge in [0.15, 0.2) is 0 Å². The molecule has 0 radical (unpaired) electrons. The van der Waals surface area contributed by atoms with Gasteiger partial charge in [0.05, 0.1) is 5.92 Å². The fourth-order valence-electron chi connectivity index (χ4n) is 4.57. The molecule has 5 atom stereocenters. The normalized spacial score (nSPS) is 35.9. The number of rotatable bonds is 1. The van der Waals surface area contributed by atoms with Crippen molar-refractivity contribution >= 4 is 12.1 Å². The average Bonchev–Trinajstić information content (AvgIpc) is 2.46. The molecule has 0 aromatic heterocycles. The summed E-state index contributed by atoms with van der Waals surface area (Å²) in [6.07, 6.45) is 1.10. The van der Waals surface area contributed by atoms with E-state index in [4.69, 9.17) is 5.11 Å². The van der Waals surface area contributed by atoms with Crippen LogP contribution in [-0.4, -0.2) is 29.3 Å². The molecule has 2 saturated heterocycles. The van der Waals surface area contributed by atoms with Crippen LogP contribution in [0.5, 0.6) is 0 Å². The Kier molecular flexibility index (Phi) is 2.79. The molecule has 2 N–H and O–H groups in total. The standard InChI is InChI=1S/C16H17NO4/c18-15(21-16(19)20)12-6-11-10-7-14(12)17-13(11)5-8-3-1-2-4-9(8)10/h1-4,10-14,17H,5-7H2,(H,19,20). The number of hydrogen-bond acceptors (Lipinski definition) is 4. The van der Waals surface area contributed by atoms with Crippen LogP contribution in [0.4, 0.5) is 4.79 Å². The first-order valence-electron chi connectivity index (χ1n) is 7.42. The van der Waals surface area contributed by atoms with Crippen LogP contribution in [0.1, 0.15) is 29.9 Å². The molecule has 1 aromatic rings. The van der Waals surface area contributed by atoms with E-state index in [-0.39, 0.29) is 12.0 Å². The van der Waals surface area contributed by atoms with E-state index in [1.165, 1.54) is 11.1 Å². The number of esters is 1. The third-order valence-corrected chi connectivity index (χ3v) is 5.37. The summed E-state index contributed by atoms with van der Waals surface area (Å²) in [6, 6.07) is 8.96. The molecule has 1 aromatic carbocycles. The molecule has 4 aliphatic rings. The number of benzene rings is 1. The maximum atomic E-state index is 11.9. The summed E-state index contributed by atoms with van der Waals surface area (Å²) < 4.78 is 4.37. The quantitative estimate of drug-likeness (QED) is 0.609. The van der Waals surface area contributed by atoms with E-state index in [0.29, 0.717) is 17.9 Å². The maximum Gasteiger partial charge on any atom is 0.513 e. The molecule has 5 unspecified atom stereocenters. The summed E-state index contributed by atoms with van der Waals surface area (Å²) in [7, 11) is 0. The van der Waals surface area contributed by atoms with Crippen LogP contribution in [0.25, 0.3) is 0 Å². The van der Waals surface area contributed by atoms with Crippen molar-refractivity contribution in [1.82, 2.24) is 5.32 Å². The summed E-state index contributed by atoms with van der Waals surface area (Å²) in [6.45, 7) is 0. The number of ether oxygens (including phenoxy) is 1. The van der Waals surface area contributed by atoms with Crippen LogP contribution in [0.2, 0.25) is 0 Å². The van der Waals surface area contributed by atoms with Gasteiger partial charge in [-0.3, -0.25) is 4.79 Å². The van der Waals surface area contributed by atoms with E-state index in [2.05, 4.69) is 34.3 Å². The lowest BCUT2D eigenvalue weighted by atomic mass is 9.58. The molecule has 21 heavy (non-hydrogen) atoms. The molecule has 4 bridgehead atoms. The topological polar surface area (TPSA) is 75.6 Å². The van der Waals surface area contributed by atoms with Crippen molar-refractivity contribution in [2.45, 2.75) is 37.3 Å². The molecule has 5 rings (SSSR count). The Hall–Kier alpha value is -1.88. The summed E-state index contributed by atoms with van der Waals surface area (Å²) in [5.41, 5.74) is 2.82. The van der Waals surface area contributed by atoms with Crippen LogP contribution < -0.4 is 5.32 Å². The van der Waals surface area contributed by atoms with Crippen molar-refractivity contribution < 1.29 is 19.4 Å². The van der Waals surface area contributed by atoms with Gasteiger partial charge < -0.3 is 15.2 Å². The summed E-state index contributed by atoms with van der Waals surface area (Å²) in [5.74, 6) is -0.0454. The van der Waals surface area contributed by atoms with Gasteiger partial charge in [0, 0.05) is 12.1 Å².